The van der Waals surface area contributed by atoms with Crippen LogP contribution in [0.3, 0.4) is 0 Å². The van der Waals surface area contributed by atoms with Crippen LogP contribution in [0.2, 0.25) is 0 Å². The van der Waals surface area contributed by atoms with Crippen LogP contribution in [0.25, 0.3) is 0 Å². The maximum absolute atomic E-state index is 5.69. The van der Waals surface area contributed by atoms with E-state index in [2.05, 4.69) is 10.5 Å². The minimum Gasteiger partial charge on any atom is -0.399 e. The Bertz CT molecular complexity index is 355. The first-order valence-corrected chi connectivity index (χ1v) is 4.43. The fourth-order valence-corrected chi connectivity index (χ4v) is 1.74. The number of fused-ring (bicyclic) bond motifs is 1. The highest BCUT2D eigenvalue weighted by atomic mass is 15.3. The van der Waals surface area contributed by atoms with Crippen LogP contribution >= 0.6 is 0 Å². The van der Waals surface area contributed by atoms with Gasteiger partial charge in [0, 0.05) is 18.3 Å². The van der Waals surface area contributed by atoms with E-state index in [9.17, 15) is 0 Å². The monoisotopic (exact) mass is 175 g/mol. The van der Waals surface area contributed by atoms with Crippen molar-refractivity contribution >= 4 is 11.4 Å². The van der Waals surface area contributed by atoms with Gasteiger partial charge in [-0.05, 0) is 30.5 Å². The normalized spacial score (nSPS) is 17.5. The number of nitrogen functional groups attached to an aromatic ring is 1. The van der Waals surface area contributed by atoms with Gasteiger partial charge in [0.2, 0.25) is 0 Å². The van der Waals surface area contributed by atoms with Gasteiger partial charge >= 0.3 is 0 Å². The standard InChI is InChI=1S/C10H13N3/c1-12-13-10-5-2-7-6-8(11)3-4-9(7)10/h3-4,6,12H,2,5,11H2,1H3/b13-10+. The highest BCUT2D eigenvalue weighted by Crippen LogP contribution is 2.24. The third kappa shape index (κ3) is 1.37. The second-order valence-corrected chi connectivity index (χ2v) is 3.20. The molecule has 0 unspecified atom stereocenters. The third-order valence-corrected chi connectivity index (χ3v) is 2.32. The van der Waals surface area contributed by atoms with Crippen LogP contribution in [0, 0.1) is 0 Å². The zero-order valence-corrected chi connectivity index (χ0v) is 7.67. The number of nitrogens with one attached hydrogen (secondary N) is 1. The van der Waals surface area contributed by atoms with Gasteiger partial charge in [-0.15, -0.1) is 0 Å². The molecule has 3 N–H and O–H groups in total. The van der Waals surface area contributed by atoms with Crippen LogP contribution in [0.5, 0.6) is 0 Å². The van der Waals surface area contributed by atoms with Gasteiger partial charge in [0.25, 0.3) is 0 Å². The molecular weight excluding hydrogens is 162 g/mol. The van der Waals surface area contributed by atoms with E-state index in [4.69, 9.17) is 5.73 Å². The summed E-state index contributed by atoms with van der Waals surface area (Å²) in [5.74, 6) is 0. The summed E-state index contributed by atoms with van der Waals surface area (Å²) >= 11 is 0. The molecule has 3 nitrogen and oxygen atoms in total. The molecule has 0 amide bonds. The predicted octanol–water partition coefficient (Wildman–Crippen LogP) is 1.14. The van der Waals surface area contributed by atoms with Crippen LogP contribution in [0.4, 0.5) is 5.69 Å². The number of benzene rings is 1. The SMILES string of the molecule is CN/N=C1\CCc2cc(N)ccc21. The number of nitrogens with two attached hydrogens (primary N) is 1. The van der Waals surface area contributed by atoms with E-state index in [-0.39, 0.29) is 0 Å². The van der Waals surface area contributed by atoms with E-state index in [0.717, 1.165) is 24.2 Å². The Balaban J connectivity index is 2.44. The molecular formula is C10H13N3. The van der Waals surface area contributed by atoms with Crippen molar-refractivity contribution in [1.82, 2.24) is 5.43 Å². The zero-order chi connectivity index (χ0) is 9.26. The fourth-order valence-electron chi connectivity index (χ4n) is 1.74. The van der Waals surface area contributed by atoms with E-state index in [1.807, 2.05) is 25.2 Å². The molecule has 0 heterocycles. The minimum absolute atomic E-state index is 0.837. The van der Waals surface area contributed by atoms with Crippen molar-refractivity contribution in [2.45, 2.75) is 12.8 Å². The van der Waals surface area contributed by atoms with E-state index in [1.54, 1.807) is 0 Å². The first-order chi connectivity index (χ1) is 6.31. The van der Waals surface area contributed by atoms with E-state index >= 15 is 0 Å². The second-order valence-electron chi connectivity index (χ2n) is 3.20. The molecule has 0 radical (unpaired) electrons. The minimum atomic E-state index is 0.837. The maximum atomic E-state index is 5.69. The first kappa shape index (κ1) is 8.10. The molecule has 1 aliphatic carbocycles. The summed E-state index contributed by atoms with van der Waals surface area (Å²) in [5.41, 5.74) is 13.0. The van der Waals surface area contributed by atoms with Gasteiger partial charge in [0.05, 0.1) is 5.71 Å². The summed E-state index contributed by atoms with van der Waals surface area (Å²) in [6.07, 6.45) is 2.07. The lowest BCUT2D eigenvalue weighted by Gasteiger charge is -2.00. The summed E-state index contributed by atoms with van der Waals surface area (Å²) in [7, 11) is 1.82. The Morgan fingerprint density at radius 3 is 3.00 bits per heavy atom. The smallest absolute Gasteiger partial charge is 0.0681 e. The van der Waals surface area contributed by atoms with E-state index < -0.39 is 0 Å². The van der Waals surface area contributed by atoms with Crippen LogP contribution in [0.15, 0.2) is 23.3 Å². The zero-order valence-electron chi connectivity index (χ0n) is 7.67. The summed E-state index contributed by atoms with van der Waals surface area (Å²) < 4.78 is 0. The van der Waals surface area contributed by atoms with Gasteiger partial charge in [0.15, 0.2) is 0 Å². The van der Waals surface area contributed by atoms with E-state index in [1.165, 1.54) is 11.1 Å². The van der Waals surface area contributed by atoms with Crippen molar-refractivity contribution in [3.05, 3.63) is 29.3 Å². The summed E-state index contributed by atoms with van der Waals surface area (Å²) in [4.78, 5) is 0. The van der Waals surface area contributed by atoms with Crippen molar-refractivity contribution in [2.24, 2.45) is 5.10 Å². The molecule has 1 aromatic carbocycles. The Labute approximate surface area is 77.6 Å². The molecule has 2 rings (SSSR count). The molecule has 0 bridgehead atoms. The lowest BCUT2D eigenvalue weighted by Crippen LogP contribution is -2.03. The highest BCUT2D eigenvalue weighted by Gasteiger charge is 2.17. The van der Waals surface area contributed by atoms with Crippen LogP contribution < -0.4 is 11.2 Å². The van der Waals surface area contributed by atoms with Crippen LogP contribution in [-0.2, 0) is 6.42 Å². The molecule has 13 heavy (non-hydrogen) atoms. The number of rotatable bonds is 1. The van der Waals surface area contributed by atoms with Gasteiger partial charge in [0.1, 0.15) is 0 Å². The molecule has 68 valence electrons. The molecule has 0 fully saturated rings. The predicted molar refractivity (Wildman–Crippen MR) is 54.8 cm³/mol. The topological polar surface area (TPSA) is 50.4 Å². The summed E-state index contributed by atoms with van der Waals surface area (Å²) in [6.45, 7) is 0. The van der Waals surface area contributed by atoms with Crippen LogP contribution in [-0.4, -0.2) is 12.8 Å². The average molecular weight is 175 g/mol. The summed E-state index contributed by atoms with van der Waals surface area (Å²) in [6, 6.07) is 6.01. The van der Waals surface area contributed by atoms with Crippen molar-refractivity contribution in [1.29, 1.82) is 0 Å². The molecule has 0 atom stereocenters. The molecule has 1 aromatic rings. The molecule has 1 aliphatic rings. The number of hydrogen-bond donors (Lipinski definition) is 2. The van der Waals surface area contributed by atoms with Crippen LogP contribution in [0.1, 0.15) is 17.5 Å². The number of hydrogen-bond acceptors (Lipinski definition) is 3. The Morgan fingerprint density at radius 1 is 1.38 bits per heavy atom. The van der Waals surface area contributed by atoms with E-state index in [0.29, 0.717) is 0 Å². The first-order valence-electron chi connectivity index (χ1n) is 4.43. The Morgan fingerprint density at radius 2 is 2.23 bits per heavy atom. The maximum Gasteiger partial charge on any atom is 0.0681 e. The van der Waals surface area contributed by atoms with Crippen molar-refractivity contribution in [3.63, 3.8) is 0 Å². The lowest BCUT2D eigenvalue weighted by atomic mass is 10.1. The third-order valence-electron chi connectivity index (χ3n) is 2.32. The van der Waals surface area contributed by atoms with Gasteiger partial charge in [-0.3, -0.25) is 0 Å². The molecule has 3 heteroatoms. The largest absolute Gasteiger partial charge is 0.399 e. The number of nitrogens with zero attached hydrogens (tertiary/aromatic N) is 1. The molecule has 0 saturated carbocycles. The van der Waals surface area contributed by atoms with Crippen molar-refractivity contribution in [3.8, 4) is 0 Å². The molecule has 0 saturated heterocycles. The van der Waals surface area contributed by atoms with Gasteiger partial charge in [-0.2, -0.15) is 5.10 Å². The van der Waals surface area contributed by atoms with Crippen molar-refractivity contribution in [2.75, 3.05) is 12.8 Å². The quantitative estimate of drug-likeness (QED) is 0.496. The Kier molecular flexibility index (Phi) is 1.93. The average Bonchev–Trinajstić information content (AvgIpc) is 2.49. The number of hydrazone groups is 1. The lowest BCUT2D eigenvalue weighted by molar-refractivity contribution is 0.892. The Hall–Kier alpha value is -1.51. The van der Waals surface area contributed by atoms with Gasteiger partial charge in [-0.1, -0.05) is 6.07 Å². The number of anilines is 1. The van der Waals surface area contributed by atoms with Gasteiger partial charge in [-0.25, -0.2) is 0 Å². The number of aryl methyl sites for hydroxylation is 1. The highest BCUT2D eigenvalue weighted by molar-refractivity contribution is 6.04. The van der Waals surface area contributed by atoms with Crippen molar-refractivity contribution < 1.29 is 0 Å². The molecule has 0 spiro atoms. The molecule has 0 aromatic heterocycles. The van der Waals surface area contributed by atoms with Gasteiger partial charge < -0.3 is 11.2 Å². The second kappa shape index (κ2) is 3.09. The molecule has 0 aliphatic heterocycles. The fraction of sp³-hybridized carbons (Fsp3) is 0.300. The summed E-state index contributed by atoms with van der Waals surface area (Å²) in [5, 5.41) is 4.22.